The number of nitrogens with zero attached hydrogens (tertiary/aromatic N) is 1. The Hall–Kier alpha value is -0.220. The van der Waals surface area contributed by atoms with Crippen molar-refractivity contribution in [1.82, 2.24) is 10.2 Å². The molecule has 2 aliphatic rings. The third-order valence-electron chi connectivity index (χ3n) is 3.70. The second-order valence-corrected chi connectivity index (χ2v) is 4.13. The number of halogens is 2. The molecule has 0 radical (unpaired) electrons. The fourth-order valence-corrected chi connectivity index (χ4v) is 2.73. The van der Waals surface area contributed by atoms with Crippen LogP contribution in [0.1, 0.15) is 12.8 Å². The van der Waals surface area contributed by atoms with Gasteiger partial charge in [-0.05, 0) is 32.4 Å². The van der Waals surface area contributed by atoms with E-state index in [-0.39, 0.29) is 5.92 Å². The molecule has 3 unspecified atom stereocenters. The minimum atomic E-state index is -2.23. The van der Waals surface area contributed by atoms with Gasteiger partial charge in [-0.15, -0.1) is 0 Å². The summed E-state index contributed by atoms with van der Waals surface area (Å²) in [6, 6.07) is 0. The highest BCUT2D eigenvalue weighted by Crippen LogP contribution is 2.39. The van der Waals surface area contributed by atoms with Gasteiger partial charge in [0.1, 0.15) is 0 Å². The summed E-state index contributed by atoms with van der Waals surface area (Å²) >= 11 is 0. The lowest BCUT2D eigenvalue weighted by Gasteiger charge is -2.42. The normalized spacial score (nSPS) is 44.3. The van der Waals surface area contributed by atoms with E-state index in [1.54, 1.807) is 7.05 Å². The van der Waals surface area contributed by atoms with Crippen LogP contribution >= 0.6 is 0 Å². The first-order valence-electron chi connectivity index (χ1n) is 4.88. The van der Waals surface area contributed by atoms with Crippen LogP contribution in [-0.2, 0) is 0 Å². The van der Waals surface area contributed by atoms with Gasteiger partial charge in [0.25, 0.3) is 6.43 Å². The predicted octanol–water partition coefficient (Wildman–Crippen LogP) is 0.935. The molecule has 4 heteroatoms. The van der Waals surface area contributed by atoms with Crippen molar-refractivity contribution in [2.75, 3.05) is 26.7 Å². The highest BCUT2D eigenvalue weighted by molar-refractivity contribution is 5.04. The van der Waals surface area contributed by atoms with Gasteiger partial charge in [-0.1, -0.05) is 0 Å². The zero-order chi connectivity index (χ0) is 9.47. The van der Waals surface area contributed by atoms with Gasteiger partial charge >= 0.3 is 0 Å². The number of piperidine rings is 1. The molecule has 1 N–H and O–H groups in total. The summed E-state index contributed by atoms with van der Waals surface area (Å²) in [6.07, 6.45) is -0.723. The van der Waals surface area contributed by atoms with Gasteiger partial charge < -0.3 is 10.2 Å². The topological polar surface area (TPSA) is 15.3 Å². The minimum absolute atomic E-state index is 0.145. The summed E-state index contributed by atoms with van der Waals surface area (Å²) in [5, 5.41) is 2.87. The van der Waals surface area contributed by atoms with E-state index in [1.165, 1.54) is 0 Å². The van der Waals surface area contributed by atoms with Crippen LogP contribution in [0.5, 0.6) is 0 Å². The van der Waals surface area contributed by atoms with Crippen LogP contribution in [0.3, 0.4) is 0 Å². The molecule has 2 aliphatic heterocycles. The Kier molecular flexibility index (Phi) is 2.28. The highest BCUT2D eigenvalue weighted by atomic mass is 19.3. The number of fused-ring (bicyclic) bond motifs is 2. The molecule has 76 valence electrons. The molecule has 13 heavy (non-hydrogen) atoms. The van der Waals surface area contributed by atoms with E-state index in [4.69, 9.17) is 0 Å². The van der Waals surface area contributed by atoms with Crippen LogP contribution < -0.4 is 5.32 Å². The van der Waals surface area contributed by atoms with Crippen molar-refractivity contribution in [2.45, 2.75) is 24.8 Å². The second-order valence-electron chi connectivity index (χ2n) is 4.13. The Morgan fingerprint density at radius 2 is 2.23 bits per heavy atom. The molecule has 0 aromatic rings. The van der Waals surface area contributed by atoms with Crippen molar-refractivity contribution in [3.8, 4) is 0 Å². The standard InChI is InChI=1S/C9H16F2N2/c1-12-9(8(10)11)3-5-13-4-2-7(9)6-13/h7-8,12H,2-6H2,1H3. The van der Waals surface area contributed by atoms with E-state index >= 15 is 0 Å². The molecule has 0 aliphatic carbocycles. The highest BCUT2D eigenvalue weighted by Gasteiger charge is 2.50. The Morgan fingerprint density at radius 1 is 1.46 bits per heavy atom. The zero-order valence-electron chi connectivity index (χ0n) is 7.89. The van der Waals surface area contributed by atoms with E-state index in [0.29, 0.717) is 6.42 Å². The average molecular weight is 190 g/mol. The molecular weight excluding hydrogens is 174 g/mol. The van der Waals surface area contributed by atoms with Gasteiger partial charge in [-0.3, -0.25) is 0 Å². The van der Waals surface area contributed by atoms with E-state index in [0.717, 1.165) is 26.1 Å². The molecule has 2 saturated heterocycles. The van der Waals surface area contributed by atoms with Gasteiger partial charge in [-0.2, -0.15) is 0 Å². The lowest BCUT2D eigenvalue weighted by Crippen LogP contribution is -2.59. The van der Waals surface area contributed by atoms with Crippen molar-refractivity contribution in [1.29, 1.82) is 0 Å². The monoisotopic (exact) mass is 190 g/mol. The molecule has 0 amide bonds. The van der Waals surface area contributed by atoms with Gasteiger partial charge in [0.2, 0.25) is 0 Å². The molecule has 2 rings (SSSR count). The lowest BCUT2D eigenvalue weighted by atomic mass is 9.79. The van der Waals surface area contributed by atoms with Crippen molar-refractivity contribution < 1.29 is 8.78 Å². The Bertz CT molecular complexity index is 198. The maximum absolute atomic E-state index is 13.0. The van der Waals surface area contributed by atoms with E-state index in [1.807, 2.05) is 0 Å². The summed E-state index contributed by atoms with van der Waals surface area (Å²) < 4.78 is 25.9. The molecule has 0 aromatic carbocycles. The zero-order valence-corrected chi connectivity index (χ0v) is 7.89. The first-order valence-corrected chi connectivity index (χ1v) is 4.88. The molecule has 0 saturated carbocycles. The number of nitrogens with one attached hydrogen (secondary N) is 1. The van der Waals surface area contributed by atoms with Crippen LogP contribution in [0.4, 0.5) is 8.78 Å². The smallest absolute Gasteiger partial charge is 0.256 e. The molecule has 3 atom stereocenters. The first kappa shape index (κ1) is 9.34. The summed E-state index contributed by atoms with van der Waals surface area (Å²) in [7, 11) is 1.67. The van der Waals surface area contributed by atoms with Gasteiger partial charge in [0.05, 0.1) is 5.54 Å². The minimum Gasteiger partial charge on any atom is -0.309 e. The average Bonchev–Trinajstić information content (AvgIpc) is 2.50. The number of rotatable bonds is 2. The van der Waals surface area contributed by atoms with Crippen molar-refractivity contribution in [3.63, 3.8) is 0 Å². The van der Waals surface area contributed by atoms with Crippen molar-refractivity contribution >= 4 is 0 Å². The fraction of sp³-hybridized carbons (Fsp3) is 1.00. The summed E-state index contributed by atoms with van der Waals surface area (Å²) in [6.45, 7) is 2.67. The largest absolute Gasteiger partial charge is 0.309 e. The van der Waals surface area contributed by atoms with Crippen LogP contribution in [0.25, 0.3) is 0 Å². The molecule has 2 fully saturated rings. The van der Waals surface area contributed by atoms with E-state index in [9.17, 15) is 8.78 Å². The van der Waals surface area contributed by atoms with Gasteiger partial charge in [0.15, 0.2) is 0 Å². The van der Waals surface area contributed by atoms with E-state index < -0.39 is 12.0 Å². The lowest BCUT2D eigenvalue weighted by molar-refractivity contribution is -0.0229. The number of hydrogen-bond donors (Lipinski definition) is 1. The SMILES string of the molecule is CNC1(C(F)F)CCN2CCC1C2. The molecule has 2 nitrogen and oxygen atoms in total. The summed E-state index contributed by atoms with van der Waals surface area (Å²) in [5.74, 6) is 0.145. The molecule has 0 spiro atoms. The molecule has 0 aromatic heterocycles. The Morgan fingerprint density at radius 3 is 2.85 bits per heavy atom. The predicted molar refractivity (Wildman–Crippen MR) is 47.0 cm³/mol. The quantitative estimate of drug-likeness (QED) is 0.697. The van der Waals surface area contributed by atoms with Crippen LogP contribution in [-0.4, -0.2) is 43.5 Å². The molecular formula is C9H16F2N2. The summed E-state index contributed by atoms with van der Waals surface area (Å²) in [5.41, 5.74) is -0.896. The Labute approximate surface area is 77.3 Å². The van der Waals surface area contributed by atoms with Crippen molar-refractivity contribution in [2.24, 2.45) is 5.92 Å². The second kappa shape index (κ2) is 3.17. The third kappa shape index (κ3) is 1.27. The fourth-order valence-electron chi connectivity index (χ4n) is 2.73. The van der Waals surface area contributed by atoms with Crippen LogP contribution in [0.15, 0.2) is 0 Å². The summed E-state index contributed by atoms with van der Waals surface area (Å²) in [4.78, 5) is 2.28. The van der Waals surface area contributed by atoms with Crippen LogP contribution in [0.2, 0.25) is 0 Å². The van der Waals surface area contributed by atoms with Crippen LogP contribution in [0, 0.1) is 5.92 Å². The molecule has 2 bridgehead atoms. The Balaban J connectivity index is 2.19. The first-order chi connectivity index (χ1) is 6.19. The number of alkyl halides is 2. The molecule has 2 heterocycles. The van der Waals surface area contributed by atoms with E-state index in [2.05, 4.69) is 10.2 Å². The van der Waals surface area contributed by atoms with Gasteiger partial charge in [0, 0.05) is 13.1 Å². The van der Waals surface area contributed by atoms with Gasteiger partial charge in [-0.25, -0.2) is 8.78 Å². The van der Waals surface area contributed by atoms with Crippen molar-refractivity contribution in [3.05, 3.63) is 0 Å². The number of hydrogen-bond acceptors (Lipinski definition) is 2. The third-order valence-corrected chi connectivity index (χ3v) is 3.70. The maximum Gasteiger partial charge on any atom is 0.256 e. The maximum atomic E-state index is 13.0.